The number of hydrogen-bond donors (Lipinski definition) is 1. The molecule has 174 valence electrons. The molecule has 3 aromatic carbocycles. The van der Waals surface area contributed by atoms with Crippen molar-refractivity contribution < 1.29 is 14.6 Å². The van der Waals surface area contributed by atoms with E-state index in [0.717, 1.165) is 39.6 Å². The van der Waals surface area contributed by atoms with Gasteiger partial charge < -0.3 is 19.5 Å². The van der Waals surface area contributed by atoms with E-state index in [9.17, 15) is 0 Å². The molecule has 1 heterocycles. The second kappa shape index (κ2) is 10.9. The van der Waals surface area contributed by atoms with E-state index in [2.05, 4.69) is 55.0 Å². The van der Waals surface area contributed by atoms with Gasteiger partial charge in [-0.1, -0.05) is 62.2 Å². The van der Waals surface area contributed by atoms with Crippen LogP contribution in [0.1, 0.15) is 42.0 Å². The van der Waals surface area contributed by atoms with Crippen LogP contribution < -0.4 is 14.4 Å². The van der Waals surface area contributed by atoms with Crippen LogP contribution in [0, 0.1) is 12.3 Å². The summed E-state index contributed by atoms with van der Waals surface area (Å²) in [6, 6.07) is 22.5. The van der Waals surface area contributed by atoms with E-state index >= 15 is 0 Å². The largest absolute Gasteiger partial charge is 0.491 e. The maximum absolute atomic E-state index is 9.17. The fourth-order valence-electron chi connectivity index (χ4n) is 4.06. The molecule has 0 fully saturated rings. The molecule has 0 atom stereocenters. The monoisotopic (exact) mass is 454 g/mol. The smallest absolute Gasteiger partial charge is 0.148 e. The van der Waals surface area contributed by atoms with Crippen LogP contribution in [0.5, 0.6) is 11.5 Å². The summed E-state index contributed by atoms with van der Waals surface area (Å²) in [5.41, 5.74) is 6.43. The summed E-state index contributed by atoms with van der Waals surface area (Å²) in [4.78, 5) is 7.19. The number of anilines is 1. The Kier molecular flexibility index (Phi) is 7.51. The van der Waals surface area contributed by atoms with Gasteiger partial charge in [0.1, 0.15) is 31.4 Å². The maximum Gasteiger partial charge on any atom is 0.148 e. The highest BCUT2D eigenvalue weighted by molar-refractivity contribution is 6.17. The summed E-state index contributed by atoms with van der Waals surface area (Å²) in [5.74, 6) is 4.49. The molecule has 3 aromatic rings. The second-order valence-electron chi connectivity index (χ2n) is 8.47. The van der Waals surface area contributed by atoms with E-state index < -0.39 is 0 Å². The van der Waals surface area contributed by atoms with E-state index in [-0.39, 0.29) is 19.8 Å². The van der Waals surface area contributed by atoms with Crippen LogP contribution in [0.3, 0.4) is 0 Å². The van der Waals surface area contributed by atoms with Gasteiger partial charge in [-0.05, 0) is 35.7 Å². The Morgan fingerprint density at radius 1 is 1.06 bits per heavy atom. The molecule has 5 nitrogen and oxygen atoms in total. The van der Waals surface area contributed by atoms with E-state index in [1.165, 1.54) is 5.56 Å². The predicted molar refractivity (Wildman–Crippen MR) is 137 cm³/mol. The van der Waals surface area contributed by atoms with Crippen molar-refractivity contribution in [2.24, 2.45) is 4.99 Å². The number of para-hydroxylation sites is 1. The fourth-order valence-corrected chi connectivity index (χ4v) is 4.06. The molecule has 5 heteroatoms. The number of ether oxygens (including phenoxy) is 2. The van der Waals surface area contributed by atoms with Crippen molar-refractivity contribution in [3.63, 3.8) is 0 Å². The zero-order valence-corrected chi connectivity index (χ0v) is 19.7. The number of rotatable bonds is 9. The van der Waals surface area contributed by atoms with Crippen LogP contribution in [0.2, 0.25) is 0 Å². The lowest BCUT2D eigenvalue weighted by molar-refractivity contribution is 0.200. The van der Waals surface area contributed by atoms with E-state index in [4.69, 9.17) is 26.0 Å². The molecule has 0 radical (unpaired) electrons. The molecule has 1 aliphatic rings. The number of nitrogens with zero attached hydrogens (tertiary/aromatic N) is 2. The molecule has 0 unspecified atom stereocenters. The van der Waals surface area contributed by atoms with Gasteiger partial charge in [0, 0.05) is 28.9 Å². The number of aliphatic hydroxyl groups excluding tert-OH is 1. The molecule has 1 N–H and O–H groups in total. The highest BCUT2D eigenvalue weighted by atomic mass is 16.5. The average molecular weight is 455 g/mol. The van der Waals surface area contributed by atoms with Crippen LogP contribution in [-0.2, 0) is 6.54 Å². The van der Waals surface area contributed by atoms with Crippen LogP contribution in [0.4, 0.5) is 5.69 Å². The molecule has 34 heavy (non-hydrogen) atoms. The highest BCUT2D eigenvalue weighted by Crippen LogP contribution is 2.34. The zero-order valence-electron chi connectivity index (χ0n) is 19.7. The van der Waals surface area contributed by atoms with Gasteiger partial charge in [0.05, 0.1) is 12.3 Å². The molecule has 0 saturated carbocycles. The van der Waals surface area contributed by atoms with Crippen molar-refractivity contribution >= 4 is 11.4 Å². The number of aliphatic imine (C=N–C) groups is 1. The lowest BCUT2D eigenvalue weighted by atomic mass is 9.95. The number of benzene rings is 3. The van der Waals surface area contributed by atoms with Gasteiger partial charge in [0.25, 0.3) is 0 Å². The third-order valence-electron chi connectivity index (χ3n) is 5.82. The van der Waals surface area contributed by atoms with Gasteiger partial charge in [-0.25, -0.2) is 0 Å². The first kappa shape index (κ1) is 23.4. The van der Waals surface area contributed by atoms with Crippen LogP contribution >= 0.6 is 0 Å². The number of aliphatic hydroxyl groups is 1. The summed E-state index contributed by atoms with van der Waals surface area (Å²) in [5, 5.41) is 9.17. The summed E-state index contributed by atoms with van der Waals surface area (Å²) >= 11 is 0. The third kappa shape index (κ3) is 5.24. The second-order valence-corrected chi connectivity index (χ2v) is 8.47. The fraction of sp³-hybridized carbons (Fsp3) is 0.276. The number of fused-ring (bicyclic) bond motifs is 1. The summed E-state index contributed by atoms with van der Waals surface area (Å²) in [6.45, 7) is 5.99. The minimum absolute atomic E-state index is 0.0232. The summed E-state index contributed by atoms with van der Waals surface area (Å²) < 4.78 is 11.5. The molecular weight excluding hydrogens is 424 g/mol. The average Bonchev–Trinajstić information content (AvgIpc) is 2.87. The van der Waals surface area contributed by atoms with Crippen molar-refractivity contribution in [1.29, 1.82) is 0 Å². The minimum Gasteiger partial charge on any atom is -0.491 e. The van der Waals surface area contributed by atoms with Crippen molar-refractivity contribution in [3.05, 3.63) is 89.0 Å². The Hall–Kier alpha value is -3.75. The molecule has 0 aromatic heterocycles. The first-order valence-corrected chi connectivity index (χ1v) is 11.5. The van der Waals surface area contributed by atoms with Gasteiger partial charge in [-0.15, -0.1) is 6.42 Å². The topological polar surface area (TPSA) is 54.3 Å². The van der Waals surface area contributed by atoms with Gasteiger partial charge in [-0.3, -0.25) is 4.99 Å². The molecule has 4 rings (SSSR count). The molecule has 0 saturated heterocycles. The first-order chi connectivity index (χ1) is 16.6. The summed E-state index contributed by atoms with van der Waals surface area (Å²) in [6.07, 6.45) is 5.39. The van der Waals surface area contributed by atoms with Crippen LogP contribution in [0.25, 0.3) is 0 Å². The number of terminal acetylenes is 1. The van der Waals surface area contributed by atoms with Crippen molar-refractivity contribution in [3.8, 4) is 23.8 Å². The quantitative estimate of drug-likeness (QED) is 0.462. The third-order valence-corrected chi connectivity index (χ3v) is 5.82. The predicted octanol–water partition coefficient (Wildman–Crippen LogP) is 5.01. The number of hydrogen-bond acceptors (Lipinski definition) is 5. The highest BCUT2D eigenvalue weighted by Gasteiger charge is 2.23. The Labute approximate surface area is 201 Å². The van der Waals surface area contributed by atoms with Gasteiger partial charge in [0.15, 0.2) is 0 Å². The van der Waals surface area contributed by atoms with Crippen molar-refractivity contribution in [1.82, 2.24) is 0 Å². The normalized spacial score (nSPS) is 12.7. The van der Waals surface area contributed by atoms with Crippen molar-refractivity contribution in [2.45, 2.75) is 26.3 Å². The maximum atomic E-state index is 9.17. The minimum atomic E-state index is -0.0232. The Bertz CT molecular complexity index is 1190. The Morgan fingerprint density at radius 3 is 2.59 bits per heavy atom. The molecular formula is C29H30N2O3. The molecule has 0 amide bonds. The van der Waals surface area contributed by atoms with Crippen LogP contribution in [-0.4, -0.2) is 37.3 Å². The Balaban J connectivity index is 1.69. The van der Waals surface area contributed by atoms with Crippen molar-refractivity contribution in [2.75, 3.05) is 31.4 Å². The first-order valence-electron chi connectivity index (χ1n) is 11.5. The molecule has 1 aliphatic heterocycles. The van der Waals surface area contributed by atoms with E-state index in [0.29, 0.717) is 19.1 Å². The van der Waals surface area contributed by atoms with Gasteiger partial charge >= 0.3 is 0 Å². The zero-order chi connectivity index (χ0) is 23.9. The van der Waals surface area contributed by atoms with E-state index in [1.807, 2.05) is 36.4 Å². The van der Waals surface area contributed by atoms with Gasteiger partial charge in [0.2, 0.25) is 0 Å². The molecule has 0 bridgehead atoms. The van der Waals surface area contributed by atoms with E-state index in [1.54, 1.807) is 0 Å². The molecule has 0 spiro atoms. The lowest BCUT2D eigenvalue weighted by Crippen LogP contribution is -2.30. The Morgan fingerprint density at radius 2 is 1.85 bits per heavy atom. The van der Waals surface area contributed by atoms with Crippen LogP contribution in [0.15, 0.2) is 71.7 Å². The molecule has 0 aliphatic carbocycles. The SMILES string of the molecule is C#CCOc1ccc2c(c1)C(c1ccc(C(C)C)cc1)=NCN2Cc1ccccc1OCCO. The standard InChI is InChI=1S/C29H30N2O3/c1-4-16-33-25-13-14-27-26(18-25)29(23-11-9-22(10-12-23)21(2)3)30-20-31(27)19-24-7-5-6-8-28(24)34-17-15-32/h1,5-14,18,21,32H,15-17,19-20H2,2-3H3. The summed E-state index contributed by atoms with van der Waals surface area (Å²) in [7, 11) is 0. The van der Waals surface area contributed by atoms with Gasteiger partial charge in [-0.2, -0.15) is 0 Å². The lowest BCUT2D eigenvalue weighted by Gasteiger charge is -2.31.